The molecule has 150 valence electrons. The van der Waals surface area contributed by atoms with E-state index < -0.39 is 5.41 Å². The summed E-state index contributed by atoms with van der Waals surface area (Å²) < 4.78 is 5.44. The average molecular weight is 416 g/mol. The Bertz CT molecular complexity index is 1070. The minimum atomic E-state index is -0.652. The molecular weight excluding hydrogens is 394 g/mol. The van der Waals surface area contributed by atoms with Gasteiger partial charge in [0.1, 0.15) is 0 Å². The van der Waals surface area contributed by atoms with Gasteiger partial charge in [0.15, 0.2) is 5.16 Å². The lowest BCUT2D eigenvalue weighted by atomic mass is 9.69. The lowest BCUT2D eigenvalue weighted by molar-refractivity contribution is 0.393. The molecule has 6 nitrogen and oxygen atoms in total. The quantitative estimate of drug-likeness (QED) is 0.334. The zero-order chi connectivity index (χ0) is 20.8. The smallest absolute Gasteiger partial charge is 0.213 e. The summed E-state index contributed by atoms with van der Waals surface area (Å²) in [5.41, 5.74) is 3.10. The van der Waals surface area contributed by atoms with Gasteiger partial charge in [0.2, 0.25) is 5.88 Å². The molecule has 4 aromatic heterocycles. The van der Waals surface area contributed by atoms with E-state index in [2.05, 4.69) is 27.1 Å². The minimum Gasteiger partial charge on any atom is -0.481 e. The second kappa shape index (κ2) is 9.00. The molecular formula is C23H21N5OS. The van der Waals surface area contributed by atoms with Crippen LogP contribution in [0.15, 0.2) is 84.7 Å². The highest BCUT2D eigenvalue weighted by Gasteiger charge is 2.39. The third-order valence-corrected chi connectivity index (χ3v) is 5.56. The van der Waals surface area contributed by atoms with Gasteiger partial charge in [0.25, 0.3) is 0 Å². The third kappa shape index (κ3) is 3.89. The fourth-order valence-corrected chi connectivity index (χ4v) is 3.97. The van der Waals surface area contributed by atoms with Crippen molar-refractivity contribution in [1.29, 1.82) is 0 Å². The molecule has 0 spiro atoms. The van der Waals surface area contributed by atoms with Crippen LogP contribution in [0.25, 0.3) is 0 Å². The fraction of sp³-hybridized carbons (Fsp3) is 0.174. The van der Waals surface area contributed by atoms with E-state index >= 15 is 0 Å². The van der Waals surface area contributed by atoms with Crippen molar-refractivity contribution in [1.82, 2.24) is 24.9 Å². The first kappa shape index (κ1) is 20.0. The molecule has 0 amide bonds. The SMILES string of the molecule is COc1cccc(C(Cc2ccnc(SC)n2)(c2cccnc2)c2cccnc2)n1. The van der Waals surface area contributed by atoms with Crippen molar-refractivity contribution in [2.75, 3.05) is 13.4 Å². The molecule has 4 rings (SSSR count). The van der Waals surface area contributed by atoms with Crippen molar-refractivity contribution < 1.29 is 4.74 Å². The van der Waals surface area contributed by atoms with E-state index in [0.717, 1.165) is 27.7 Å². The molecule has 0 saturated carbocycles. The molecule has 0 atom stereocenters. The Kier molecular flexibility index (Phi) is 5.99. The van der Waals surface area contributed by atoms with Gasteiger partial charge >= 0.3 is 0 Å². The Morgan fingerprint density at radius 3 is 2.20 bits per heavy atom. The molecule has 0 unspecified atom stereocenters. The lowest BCUT2D eigenvalue weighted by Gasteiger charge is -2.34. The summed E-state index contributed by atoms with van der Waals surface area (Å²) in [6.45, 7) is 0. The van der Waals surface area contributed by atoms with Gasteiger partial charge < -0.3 is 4.74 Å². The second-order valence-corrected chi connectivity index (χ2v) is 7.44. The molecule has 0 fully saturated rings. The van der Waals surface area contributed by atoms with Crippen LogP contribution in [0.5, 0.6) is 5.88 Å². The van der Waals surface area contributed by atoms with Crippen LogP contribution in [0, 0.1) is 0 Å². The van der Waals surface area contributed by atoms with Gasteiger partial charge in [-0.2, -0.15) is 0 Å². The van der Waals surface area contributed by atoms with Crippen LogP contribution in [0.1, 0.15) is 22.5 Å². The standard InChI is InChI=1S/C23H21N5OS/c1-29-21-9-3-8-20(28-21)23(17-6-4-11-24-15-17,18-7-5-12-25-16-18)14-19-10-13-26-22(27-19)30-2/h3-13,15-16H,14H2,1-2H3. The van der Waals surface area contributed by atoms with Crippen molar-refractivity contribution >= 4 is 11.8 Å². The second-order valence-electron chi connectivity index (χ2n) is 6.67. The maximum atomic E-state index is 5.44. The fourth-order valence-electron chi connectivity index (χ4n) is 3.60. The number of methoxy groups -OCH3 is 1. The predicted molar refractivity (Wildman–Crippen MR) is 117 cm³/mol. The summed E-state index contributed by atoms with van der Waals surface area (Å²) in [5, 5.41) is 0.734. The number of ether oxygens (including phenoxy) is 1. The van der Waals surface area contributed by atoms with Gasteiger partial charge in [-0.15, -0.1) is 0 Å². The van der Waals surface area contributed by atoms with Gasteiger partial charge in [-0.3, -0.25) is 9.97 Å². The number of thioether (sulfide) groups is 1. The Hall–Kier alpha value is -3.32. The summed E-state index contributed by atoms with van der Waals surface area (Å²) in [6, 6.07) is 15.8. The summed E-state index contributed by atoms with van der Waals surface area (Å²) in [4.78, 5) is 22.7. The molecule has 0 aromatic carbocycles. The molecule has 0 N–H and O–H groups in total. The van der Waals surface area contributed by atoms with Crippen molar-refractivity contribution in [3.63, 3.8) is 0 Å². The molecule has 0 bridgehead atoms. The molecule has 30 heavy (non-hydrogen) atoms. The Labute approximate surface area is 179 Å². The molecule has 0 aliphatic carbocycles. The van der Waals surface area contributed by atoms with Crippen molar-refractivity contribution in [3.8, 4) is 5.88 Å². The third-order valence-electron chi connectivity index (χ3n) is 5.00. The maximum absolute atomic E-state index is 5.44. The Balaban J connectivity index is 2.00. The van der Waals surface area contributed by atoms with E-state index in [4.69, 9.17) is 14.7 Å². The van der Waals surface area contributed by atoms with Crippen LogP contribution < -0.4 is 4.74 Å². The first-order valence-electron chi connectivity index (χ1n) is 9.44. The first-order valence-corrected chi connectivity index (χ1v) is 10.7. The van der Waals surface area contributed by atoms with E-state index in [1.54, 1.807) is 25.7 Å². The van der Waals surface area contributed by atoms with E-state index in [-0.39, 0.29) is 0 Å². The summed E-state index contributed by atoms with van der Waals surface area (Å²) in [7, 11) is 1.62. The topological polar surface area (TPSA) is 73.7 Å². The molecule has 0 saturated heterocycles. The number of aromatic nitrogens is 5. The minimum absolute atomic E-state index is 0.553. The van der Waals surface area contributed by atoms with Crippen LogP contribution in [0.4, 0.5) is 0 Å². The van der Waals surface area contributed by atoms with Gasteiger partial charge in [-0.1, -0.05) is 30.0 Å². The summed E-state index contributed by atoms with van der Waals surface area (Å²) >= 11 is 1.52. The van der Waals surface area contributed by atoms with E-state index in [0.29, 0.717) is 12.3 Å². The average Bonchev–Trinajstić information content (AvgIpc) is 2.84. The van der Waals surface area contributed by atoms with E-state index in [1.165, 1.54) is 11.8 Å². The normalized spacial score (nSPS) is 11.3. The van der Waals surface area contributed by atoms with Crippen LogP contribution in [0.2, 0.25) is 0 Å². The predicted octanol–water partition coefficient (Wildman–Crippen LogP) is 3.97. The largest absolute Gasteiger partial charge is 0.481 e. The first-order chi connectivity index (χ1) is 14.8. The van der Waals surface area contributed by atoms with E-state index in [1.807, 2.05) is 55.0 Å². The number of nitrogens with zero attached hydrogens (tertiary/aromatic N) is 5. The molecule has 0 radical (unpaired) electrons. The zero-order valence-electron chi connectivity index (χ0n) is 16.8. The van der Waals surface area contributed by atoms with E-state index in [9.17, 15) is 0 Å². The molecule has 0 aliphatic rings. The zero-order valence-corrected chi connectivity index (χ0v) is 17.6. The van der Waals surface area contributed by atoms with Gasteiger partial charge in [-0.05, 0) is 41.6 Å². The number of hydrogen-bond acceptors (Lipinski definition) is 7. The monoisotopic (exact) mass is 415 g/mol. The number of rotatable bonds is 7. The highest BCUT2D eigenvalue weighted by atomic mass is 32.2. The van der Waals surface area contributed by atoms with Gasteiger partial charge in [0, 0.05) is 49.2 Å². The Morgan fingerprint density at radius 1 is 0.867 bits per heavy atom. The van der Waals surface area contributed by atoms with Crippen LogP contribution in [-0.2, 0) is 11.8 Å². The maximum Gasteiger partial charge on any atom is 0.213 e. The Morgan fingerprint density at radius 2 is 1.60 bits per heavy atom. The number of hydrogen-bond donors (Lipinski definition) is 0. The highest BCUT2D eigenvalue weighted by Crippen LogP contribution is 2.41. The summed E-state index contributed by atoms with van der Waals surface area (Å²) in [5.74, 6) is 0.553. The van der Waals surface area contributed by atoms with Gasteiger partial charge in [0.05, 0.1) is 18.2 Å². The highest BCUT2D eigenvalue weighted by molar-refractivity contribution is 7.98. The van der Waals surface area contributed by atoms with Gasteiger partial charge in [-0.25, -0.2) is 15.0 Å². The van der Waals surface area contributed by atoms with Crippen LogP contribution in [0.3, 0.4) is 0 Å². The molecule has 0 aliphatic heterocycles. The molecule has 4 heterocycles. The van der Waals surface area contributed by atoms with Crippen LogP contribution >= 0.6 is 11.8 Å². The molecule has 4 aromatic rings. The number of pyridine rings is 3. The van der Waals surface area contributed by atoms with Crippen LogP contribution in [-0.4, -0.2) is 38.3 Å². The van der Waals surface area contributed by atoms with Crippen molar-refractivity contribution in [2.45, 2.75) is 17.0 Å². The van der Waals surface area contributed by atoms with Crippen molar-refractivity contribution in [2.24, 2.45) is 0 Å². The van der Waals surface area contributed by atoms with Crippen molar-refractivity contribution in [3.05, 3.63) is 102 Å². The lowest BCUT2D eigenvalue weighted by Crippen LogP contribution is -2.34. The summed E-state index contributed by atoms with van der Waals surface area (Å²) in [6.07, 6.45) is 11.6. The molecule has 7 heteroatoms.